The van der Waals surface area contributed by atoms with Gasteiger partial charge in [0.2, 0.25) is 0 Å². The Hall–Kier alpha value is -1.79. The summed E-state index contributed by atoms with van der Waals surface area (Å²) in [4.78, 5) is 34.1. The van der Waals surface area contributed by atoms with E-state index in [4.69, 9.17) is 14.6 Å². The number of carbonyl (C=O) groups is 3. The number of alkyl carbamates (subject to hydrolysis) is 1. The highest BCUT2D eigenvalue weighted by molar-refractivity contribution is 5.81. The van der Waals surface area contributed by atoms with E-state index >= 15 is 0 Å². The molecule has 7 heteroatoms. The highest BCUT2D eigenvalue weighted by atomic mass is 16.6. The molecule has 7 nitrogen and oxygen atoms in total. The molecule has 2 N–H and O–H groups in total. The monoisotopic (exact) mass is 317 g/mol. The molecule has 0 radical (unpaired) electrons. The van der Waals surface area contributed by atoms with Crippen LogP contribution in [0.4, 0.5) is 4.79 Å². The van der Waals surface area contributed by atoms with Gasteiger partial charge in [-0.15, -0.1) is 0 Å². The molecule has 0 fully saturated rings. The third kappa shape index (κ3) is 10.0. The maximum Gasteiger partial charge on any atom is 0.408 e. The number of rotatable bonds is 8. The summed E-state index contributed by atoms with van der Waals surface area (Å²) < 4.78 is 10.2. The number of carboxylic acids is 1. The summed E-state index contributed by atoms with van der Waals surface area (Å²) in [7, 11) is 0. The van der Waals surface area contributed by atoms with Gasteiger partial charge in [0.25, 0.3) is 0 Å². The van der Waals surface area contributed by atoms with Crippen LogP contribution in [-0.2, 0) is 19.1 Å². The fraction of sp³-hybridized carbons (Fsp3) is 0.800. The molecule has 22 heavy (non-hydrogen) atoms. The van der Waals surface area contributed by atoms with Crippen LogP contribution < -0.4 is 5.32 Å². The predicted molar refractivity (Wildman–Crippen MR) is 80.4 cm³/mol. The summed E-state index contributed by atoms with van der Waals surface area (Å²) in [6.45, 7) is 8.90. The molecule has 0 bridgehead atoms. The fourth-order valence-electron chi connectivity index (χ4n) is 1.57. The van der Waals surface area contributed by atoms with Crippen LogP contribution in [0.3, 0.4) is 0 Å². The minimum Gasteiger partial charge on any atom is -0.481 e. The molecule has 1 atom stereocenters. The van der Waals surface area contributed by atoms with Gasteiger partial charge in [0.05, 0.1) is 6.61 Å². The van der Waals surface area contributed by atoms with Crippen molar-refractivity contribution >= 4 is 18.0 Å². The van der Waals surface area contributed by atoms with Gasteiger partial charge < -0.3 is 19.9 Å². The molecule has 0 rings (SSSR count). The molecule has 0 aromatic carbocycles. The first-order chi connectivity index (χ1) is 10.0. The molecule has 0 unspecified atom stereocenters. The third-order valence-corrected chi connectivity index (χ3v) is 2.62. The van der Waals surface area contributed by atoms with E-state index in [1.54, 1.807) is 34.6 Å². The molecule has 0 aliphatic rings. The number of ether oxygens (including phenoxy) is 2. The SMILES string of the molecule is CC(C)[C@H](NC(=O)OC(C)(C)C)C(=O)OCCCCC(=O)O. The van der Waals surface area contributed by atoms with Crippen LogP contribution in [0.15, 0.2) is 0 Å². The Labute approximate surface area is 131 Å². The lowest BCUT2D eigenvalue weighted by Gasteiger charge is -2.24. The first kappa shape index (κ1) is 20.2. The van der Waals surface area contributed by atoms with Crippen molar-refractivity contribution in [2.75, 3.05) is 6.61 Å². The smallest absolute Gasteiger partial charge is 0.408 e. The molecular weight excluding hydrogens is 290 g/mol. The maximum absolute atomic E-state index is 12.0. The second-order valence-corrected chi connectivity index (χ2v) is 6.39. The van der Waals surface area contributed by atoms with Gasteiger partial charge in [-0.1, -0.05) is 13.8 Å². The van der Waals surface area contributed by atoms with Gasteiger partial charge in [-0.3, -0.25) is 4.79 Å². The van der Waals surface area contributed by atoms with Crippen LogP contribution in [0.5, 0.6) is 0 Å². The minimum absolute atomic E-state index is 0.0430. The summed E-state index contributed by atoms with van der Waals surface area (Å²) in [5, 5.41) is 11.0. The van der Waals surface area contributed by atoms with Gasteiger partial charge in [0, 0.05) is 6.42 Å². The molecule has 0 aliphatic heterocycles. The number of carboxylic acid groups (broad SMARTS) is 1. The number of nitrogens with one attached hydrogen (secondary N) is 1. The van der Waals surface area contributed by atoms with Crippen molar-refractivity contribution in [2.45, 2.75) is 65.5 Å². The number of unbranched alkanes of at least 4 members (excludes halogenated alkanes) is 1. The van der Waals surface area contributed by atoms with Gasteiger partial charge in [-0.2, -0.15) is 0 Å². The molecule has 0 saturated heterocycles. The van der Waals surface area contributed by atoms with Gasteiger partial charge in [0.1, 0.15) is 11.6 Å². The Kier molecular flexibility index (Phi) is 8.52. The lowest BCUT2D eigenvalue weighted by atomic mass is 10.1. The average Bonchev–Trinajstić information content (AvgIpc) is 2.32. The molecule has 0 aromatic heterocycles. The minimum atomic E-state index is -0.877. The van der Waals surface area contributed by atoms with Crippen molar-refractivity contribution in [1.29, 1.82) is 0 Å². The zero-order valence-corrected chi connectivity index (χ0v) is 14.0. The van der Waals surface area contributed by atoms with Gasteiger partial charge in [-0.05, 0) is 39.5 Å². The Balaban J connectivity index is 4.29. The van der Waals surface area contributed by atoms with Crippen molar-refractivity contribution in [2.24, 2.45) is 5.92 Å². The molecule has 0 spiro atoms. The molecule has 0 saturated carbocycles. The Bertz CT molecular complexity index is 386. The first-order valence-electron chi connectivity index (χ1n) is 7.41. The molecule has 0 heterocycles. The van der Waals surface area contributed by atoms with Crippen molar-refractivity contribution in [3.63, 3.8) is 0 Å². The molecule has 0 aromatic rings. The van der Waals surface area contributed by atoms with Crippen molar-refractivity contribution in [3.05, 3.63) is 0 Å². The predicted octanol–water partition coefficient (Wildman–Crippen LogP) is 2.33. The normalized spacial score (nSPS) is 12.6. The van der Waals surface area contributed by atoms with E-state index in [-0.39, 0.29) is 18.9 Å². The average molecular weight is 317 g/mol. The summed E-state index contributed by atoms with van der Waals surface area (Å²) in [6.07, 6.45) is 0.277. The summed E-state index contributed by atoms with van der Waals surface area (Å²) in [5.74, 6) is -1.58. The lowest BCUT2D eigenvalue weighted by Crippen LogP contribution is -2.47. The van der Waals surface area contributed by atoms with E-state index in [1.165, 1.54) is 0 Å². The Morgan fingerprint density at radius 2 is 1.73 bits per heavy atom. The quantitative estimate of drug-likeness (QED) is 0.526. The Morgan fingerprint density at radius 1 is 1.14 bits per heavy atom. The van der Waals surface area contributed by atoms with Gasteiger partial charge >= 0.3 is 18.0 Å². The molecule has 0 aliphatic carbocycles. The lowest BCUT2D eigenvalue weighted by molar-refractivity contribution is -0.147. The van der Waals surface area contributed by atoms with Gasteiger partial charge in [0.15, 0.2) is 0 Å². The first-order valence-corrected chi connectivity index (χ1v) is 7.41. The summed E-state index contributed by atoms with van der Waals surface area (Å²) in [5.41, 5.74) is -0.646. The van der Waals surface area contributed by atoms with Crippen molar-refractivity contribution in [1.82, 2.24) is 5.32 Å². The molecular formula is C15H27NO6. The van der Waals surface area contributed by atoms with Crippen LogP contribution in [-0.4, -0.2) is 41.4 Å². The van der Waals surface area contributed by atoms with E-state index in [0.29, 0.717) is 12.8 Å². The fourth-order valence-corrected chi connectivity index (χ4v) is 1.57. The molecule has 128 valence electrons. The van der Waals surface area contributed by atoms with Crippen LogP contribution in [0.25, 0.3) is 0 Å². The van der Waals surface area contributed by atoms with E-state index < -0.39 is 29.7 Å². The van der Waals surface area contributed by atoms with Crippen molar-refractivity contribution < 1.29 is 29.0 Å². The summed E-state index contributed by atoms with van der Waals surface area (Å²) >= 11 is 0. The summed E-state index contributed by atoms with van der Waals surface area (Å²) in [6, 6.07) is -0.797. The van der Waals surface area contributed by atoms with Crippen molar-refractivity contribution in [3.8, 4) is 0 Å². The largest absolute Gasteiger partial charge is 0.481 e. The zero-order valence-electron chi connectivity index (χ0n) is 14.0. The number of amides is 1. The van der Waals surface area contributed by atoms with Crippen LogP contribution in [0.2, 0.25) is 0 Å². The second kappa shape index (κ2) is 9.27. The van der Waals surface area contributed by atoms with Crippen LogP contribution in [0, 0.1) is 5.92 Å². The number of esters is 1. The highest BCUT2D eigenvalue weighted by Gasteiger charge is 2.28. The number of hydrogen-bond donors (Lipinski definition) is 2. The zero-order chi connectivity index (χ0) is 17.3. The van der Waals surface area contributed by atoms with E-state index in [1.807, 2.05) is 0 Å². The van der Waals surface area contributed by atoms with Crippen LogP contribution in [0.1, 0.15) is 53.9 Å². The van der Waals surface area contributed by atoms with E-state index in [0.717, 1.165) is 0 Å². The van der Waals surface area contributed by atoms with E-state index in [2.05, 4.69) is 5.32 Å². The number of carbonyl (C=O) groups excluding carboxylic acids is 2. The number of aliphatic carboxylic acids is 1. The Morgan fingerprint density at radius 3 is 2.18 bits per heavy atom. The van der Waals surface area contributed by atoms with Crippen LogP contribution >= 0.6 is 0 Å². The van der Waals surface area contributed by atoms with E-state index in [9.17, 15) is 14.4 Å². The standard InChI is InChI=1S/C15H27NO6/c1-10(2)12(16-14(20)22-15(3,4)5)13(19)21-9-7-6-8-11(17)18/h10,12H,6-9H2,1-5H3,(H,16,20)(H,17,18)/t12-/m0/s1. The maximum atomic E-state index is 12.0. The highest BCUT2D eigenvalue weighted by Crippen LogP contribution is 2.10. The topological polar surface area (TPSA) is 102 Å². The third-order valence-electron chi connectivity index (χ3n) is 2.62. The second-order valence-electron chi connectivity index (χ2n) is 6.39. The number of hydrogen-bond acceptors (Lipinski definition) is 5. The molecule has 1 amide bonds. The van der Waals surface area contributed by atoms with Gasteiger partial charge in [-0.25, -0.2) is 9.59 Å².